The van der Waals surface area contributed by atoms with Crippen LogP contribution in [0.3, 0.4) is 0 Å². The van der Waals surface area contributed by atoms with E-state index in [1.54, 1.807) is 0 Å². The number of rotatable bonds is 6. The van der Waals surface area contributed by atoms with Gasteiger partial charge in [-0.3, -0.25) is 0 Å². The highest BCUT2D eigenvalue weighted by atomic mass is 79.9. The van der Waals surface area contributed by atoms with E-state index in [0.29, 0.717) is 6.54 Å². The Hall–Kier alpha value is -1.16. The number of nitrogens with one attached hydrogen (secondary N) is 1. The van der Waals surface area contributed by atoms with Crippen LogP contribution in [0.5, 0.6) is 0 Å². The summed E-state index contributed by atoms with van der Waals surface area (Å²) < 4.78 is 1.08. The molecule has 0 heterocycles. The van der Waals surface area contributed by atoms with Crippen LogP contribution in [0, 0.1) is 0 Å². The van der Waals surface area contributed by atoms with E-state index in [0.717, 1.165) is 16.5 Å². The fourth-order valence-electron chi connectivity index (χ4n) is 2.27. The number of hydrogen-bond donors (Lipinski definition) is 2. The first-order chi connectivity index (χ1) is 9.70. The van der Waals surface area contributed by atoms with Crippen molar-refractivity contribution in [3.05, 3.63) is 70.2 Å². The summed E-state index contributed by atoms with van der Waals surface area (Å²) in [4.78, 5) is 0. The van der Waals surface area contributed by atoms with Gasteiger partial charge in [-0.1, -0.05) is 65.3 Å². The van der Waals surface area contributed by atoms with Gasteiger partial charge in [0, 0.05) is 17.1 Å². The van der Waals surface area contributed by atoms with Crippen LogP contribution in [-0.4, -0.2) is 11.7 Å². The minimum atomic E-state index is -0.475. The second kappa shape index (κ2) is 7.58. The summed E-state index contributed by atoms with van der Waals surface area (Å²) in [7, 11) is 0. The highest BCUT2D eigenvalue weighted by molar-refractivity contribution is 9.10. The van der Waals surface area contributed by atoms with Gasteiger partial charge in [-0.25, -0.2) is 0 Å². The first-order valence-electron chi connectivity index (χ1n) is 6.92. The quantitative estimate of drug-likeness (QED) is 0.829. The van der Waals surface area contributed by atoms with Gasteiger partial charge in [-0.05, 0) is 29.7 Å². The molecule has 0 aliphatic carbocycles. The van der Waals surface area contributed by atoms with Crippen LogP contribution >= 0.6 is 15.9 Å². The third-order valence-electron chi connectivity index (χ3n) is 3.40. The number of aliphatic hydroxyl groups is 1. The Morgan fingerprint density at radius 2 is 1.75 bits per heavy atom. The van der Waals surface area contributed by atoms with Gasteiger partial charge in [0.15, 0.2) is 0 Å². The zero-order valence-corrected chi connectivity index (χ0v) is 13.2. The fourth-order valence-corrected chi connectivity index (χ4v) is 2.69. The Bertz CT molecular complexity index is 530. The lowest BCUT2D eigenvalue weighted by molar-refractivity contribution is 0.169. The molecule has 0 aromatic heterocycles. The van der Waals surface area contributed by atoms with Crippen LogP contribution in [0.15, 0.2) is 59.1 Å². The maximum Gasteiger partial charge on any atom is 0.0914 e. The zero-order valence-electron chi connectivity index (χ0n) is 11.6. The summed E-state index contributed by atoms with van der Waals surface area (Å²) in [5.74, 6) is 0. The van der Waals surface area contributed by atoms with Gasteiger partial charge >= 0.3 is 0 Å². The first kappa shape index (κ1) is 15.2. The lowest BCUT2D eigenvalue weighted by Gasteiger charge is -2.20. The minimum Gasteiger partial charge on any atom is -0.387 e. The molecule has 106 valence electrons. The van der Waals surface area contributed by atoms with E-state index in [9.17, 15) is 5.11 Å². The van der Waals surface area contributed by atoms with Crippen molar-refractivity contribution in [3.63, 3.8) is 0 Å². The molecular weight excluding hydrogens is 314 g/mol. The molecule has 0 bridgehead atoms. The SMILES string of the molecule is CCC(NCC(O)c1ccccc1)c1cccc(Br)c1. The van der Waals surface area contributed by atoms with Crippen molar-refractivity contribution in [3.8, 4) is 0 Å². The van der Waals surface area contributed by atoms with Crippen molar-refractivity contribution in [2.24, 2.45) is 0 Å². The maximum absolute atomic E-state index is 10.2. The Morgan fingerprint density at radius 1 is 1.05 bits per heavy atom. The molecule has 2 rings (SSSR count). The molecule has 3 heteroatoms. The van der Waals surface area contributed by atoms with Crippen molar-refractivity contribution in [2.75, 3.05) is 6.54 Å². The van der Waals surface area contributed by atoms with Gasteiger partial charge < -0.3 is 10.4 Å². The lowest BCUT2D eigenvalue weighted by atomic mass is 10.0. The van der Waals surface area contributed by atoms with Crippen molar-refractivity contribution in [2.45, 2.75) is 25.5 Å². The topological polar surface area (TPSA) is 32.3 Å². The Labute approximate surface area is 129 Å². The normalized spacial score (nSPS) is 13.9. The molecule has 0 spiro atoms. The molecule has 2 N–H and O–H groups in total. The lowest BCUT2D eigenvalue weighted by Crippen LogP contribution is -2.26. The van der Waals surface area contributed by atoms with E-state index >= 15 is 0 Å². The molecule has 2 atom stereocenters. The van der Waals surface area contributed by atoms with Crippen LogP contribution in [0.25, 0.3) is 0 Å². The molecule has 0 saturated heterocycles. The summed E-state index contributed by atoms with van der Waals surface area (Å²) >= 11 is 3.50. The van der Waals surface area contributed by atoms with E-state index in [1.165, 1.54) is 5.56 Å². The maximum atomic E-state index is 10.2. The zero-order chi connectivity index (χ0) is 14.4. The van der Waals surface area contributed by atoms with Crippen LogP contribution in [0.2, 0.25) is 0 Å². The average molecular weight is 334 g/mol. The largest absolute Gasteiger partial charge is 0.387 e. The third-order valence-corrected chi connectivity index (χ3v) is 3.89. The molecular formula is C17H20BrNO. The third kappa shape index (κ3) is 4.17. The van der Waals surface area contributed by atoms with Crippen LogP contribution in [0.4, 0.5) is 0 Å². The molecule has 0 aliphatic heterocycles. The van der Waals surface area contributed by atoms with Gasteiger partial charge in [-0.15, -0.1) is 0 Å². The molecule has 0 radical (unpaired) electrons. The summed E-state index contributed by atoms with van der Waals surface area (Å²) in [6.45, 7) is 2.70. The van der Waals surface area contributed by atoms with Crippen molar-refractivity contribution >= 4 is 15.9 Å². The molecule has 0 aliphatic rings. The molecule has 0 amide bonds. The van der Waals surface area contributed by atoms with E-state index in [-0.39, 0.29) is 6.04 Å². The van der Waals surface area contributed by atoms with E-state index in [1.807, 2.05) is 42.5 Å². The van der Waals surface area contributed by atoms with Crippen LogP contribution in [0.1, 0.15) is 36.6 Å². The number of hydrogen-bond acceptors (Lipinski definition) is 2. The molecule has 0 fully saturated rings. The molecule has 20 heavy (non-hydrogen) atoms. The number of halogens is 1. The van der Waals surface area contributed by atoms with Crippen molar-refractivity contribution in [1.29, 1.82) is 0 Å². The van der Waals surface area contributed by atoms with Gasteiger partial charge in [0.05, 0.1) is 6.10 Å². The first-order valence-corrected chi connectivity index (χ1v) is 7.72. The highest BCUT2D eigenvalue weighted by Crippen LogP contribution is 2.21. The van der Waals surface area contributed by atoms with Gasteiger partial charge in [0.25, 0.3) is 0 Å². The van der Waals surface area contributed by atoms with E-state index in [2.05, 4.69) is 40.3 Å². The predicted molar refractivity (Wildman–Crippen MR) is 86.6 cm³/mol. The average Bonchev–Trinajstić information content (AvgIpc) is 2.48. The fraction of sp³-hybridized carbons (Fsp3) is 0.294. The monoisotopic (exact) mass is 333 g/mol. The minimum absolute atomic E-state index is 0.255. The van der Waals surface area contributed by atoms with Gasteiger partial charge in [0.2, 0.25) is 0 Å². The summed E-state index contributed by atoms with van der Waals surface area (Å²) in [5, 5.41) is 13.6. The van der Waals surface area contributed by atoms with Crippen LogP contribution < -0.4 is 5.32 Å². The predicted octanol–water partition coefficient (Wildman–Crippen LogP) is 4.22. The smallest absolute Gasteiger partial charge is 0.0914 e. The van der Waals surface area contributed by atoms with E-state index in [4.69, 9.17) is 0 Å². The Morgan fingerprint density at radius 3 is 2.40 bits per heavy atom. The molecule has 2 nitrogen and oxygen atoms in total. The molecule has 2 aromatic carbocycles. The standard InChI is InChI=1S/C17H20BrNO/c1-2-16(14-9-6-10-15(18)11-14)19-12-17(20)13-7-4-3-5-8-13/h3-11,16-17,19-20H,2,12H2,1H3. The van der Waals surface area contributed by atoms with E-state index < -0.39 is 6.10 Å². The second-order valence-corrected chi connectivity index (χ2v) is 5.77. The van der Waals surface area contributed by atoms with Gasteiger partial charge in [-0.2, -0.15) is 0 Å². The summed E-state index contributed by atoms with van der Waals surface area (Å²) in [6.07, 6.45) is 0.509. The summed E-state index contributed by atoms with van der Waals surface area (Å²) in [6, 6.07) is 18.3. The Kier molecular flexibility index (Phi) is 5.77. The molecule has 2 aromatic rings. The van der Waals surface area contributed by atoms with Gasteiger partial charge in [0.1, 0.15) is 0 Å². The summed E-state index contributed by atoms with van der Waals surface area (Å²) in [5.41, 5.74) is 2.19. The molecule has 0 saturated carbocycles. The number of benzene rings is 2. The highest BCUT2D eigenvalue weighted by Gasteiger charge is 2.12. The van der Waals surface area contributed by atoms with Crippen molar-refractivity contribution in [1.82, 2.24) is 5.32 Å². The van der Waals surface area contributed by atoms with Crippen LogP contribution in [-0.2, 0) is 0 Å². The Balaban J connectivity index is 1.97. The number of aliphatic hydroxyl groups excluding tert-OH is 1. The second-order valence-electron chi connectivity index (χ2n) is 4.85. The van der Waals surface area contributed by atoms with Crippen molar-refractivity contribution < 1.29 is 5.11 Å². The molecule has 2 unspecified atom stereocenters.